The molecule has 3 aromatic carbocycles. The summed E-state index contributed by atoms with van der Waals surface area (Å²) >= 11 is 0. The Bertz CT molecular complexity index is 1220. The highest BCUT2D eigenvalue weighted by Gasteiger charge is 2.41. The number of carbonyl (C=O) groups excluding carboxylic acids is 4. The number of nitrogens with one attached hydrogen (secondary N) is 3. The first kappa shape index (κ1) is 29.1. The fourth-order valence-corrected chi connectivity index (χ4v) is 3.95. The van der Waals surface area contributed by atoms with E-state index in [9.17, 15) is 19.2 Å². The molecule has 9 heteroatoms. The number of Topliss-reactive ketones (excluding diaryl/α,β-unsaturated/α-hetero) is 1. The summed E-state index contributed by atoms with van der Waals surface area (Å²) < 4.78 is 4.76. The van der Waals surface area contributed by atoms with E-state index in [0.717, 1.165) is 22.3 Å². The minimum Gasteiger partial charge on any atom is -0.465 e. The first-order valence-corrected chi connectivity index (χ1v) is 12.7. The molecule has 0 saturated heterocycles. The largest absolute Gasteiger partial charge is 0.465 e. The Morgan fingerprint density at radius 1 is 0.769 bits per heavy atom. The van der Waals surface area contributed by atoms with Gasteiger partial charge in [0.1, 0.15) is 6.54 Å². The molecule has 0 saturated carbocycles. The molecule has 9 nitrogen and oxygen atoms in total. The number of carbonyl (C=O) groups is 4. The smallest absolute Gasteiger partial charge is 0.325 e. The van der Waals surface area contributed by atoms with Crippen molar-refractivity contribution in [1.82, 2.24) is 16.0 Å². The molecule has 0 bridgehead atoms. The maximum atomic E-state index is 13.7. The molecule has 5 N–H and O–H groups in total. The van der Waals surface area contributed by atoms with E-state index in [0.29, 0.717) is 0 Å². The van der Waals surface area contributed by atoms with Crippen molar-refractivity contribution in [1.29, 1.82) is 0 Å². The van der Waals surface area contributed by atoms with Gasteiger partial charge in [0.15, 0.2) is 11.3 Å². The van der Waals surface area contributed by atoms with Crippen LogP contribution in [-0.4, -0.2) is 42.4 Å². The Kier molecular flexibility index (Phi) is 10.3. The van der Waals surface area contributed by atoms with E-state index < -0.39 is 35.1 Å². The fourth-order valence-electron chi connectivity index (χ4n) is 3.95. The molecule has 0 unspecified atom stereocenters. The van der Waals surface area contributed by atoms with Crippen LogP contribution in [0.3, 0.4) is 0 Å². The molecule has 0 heterocycles. The van der Waals surface area contributed by atoms with Gasteiger partial charge in [-0.1, -0.05) is 84.9 Å². The predicted octanol–water partition coefficient (Wildman–Crippen LogP) is 2.78. The van der Waals surface area contributed by atoms with Crippen LogP contribution in [0.1, 0.15) is 42.0 Å². The lowest BCUT2D eigenvalue weighted by atomic mass is 9.79. The van der Waals surface area contributed by atoms with Gasteiger partial charge >= 0.3 is 12.0 Å². The number of esters is 1. The summed E-state index contributed by atoms with van der Waals surface area (Å²) in [5.74, 6) is -2.17. The van der Waals surface area contributed by atoms with Crippen LogP contribution < -0.4 is 21.7 Å². The van der Waals surface area contributed by atoms with Gasteiger partial charge in [0.05, 0.1) is 12.5 Å². The minimum absolute atomic E-state index is 0.175. The molecule has 0 aliphatic heterocycles. The number of ether oxygens (including phenoxy) is 1. The zero-order valence-corrected chi connectivity index (χ0v) is 22.1. The summed E-state index contributed by atoms with van der Waals surface area (Å²) in [6.07, 6.45) is 0. The van der Waals surface area contributed by atoms with Crippen LogP contribution in [0.5, 0.6) is 0 Å². The molecular formula is C30H34N4O5. The van der Waals surface area contributed by atoms with Crippen molar-refractivity contribution in [2.24, 2.45) is 5.73 Å². The standard InChI is InChI=1S/C30H34N4O5/c1-3-39-25(35)20-34-29(38)33-19-22-16-14-21(15-17-22)18-32-28(37)30(2,31)27(36)26(23-10-6-4-7-11-23)24-12-8-5-9-13-24/h4-17,26H,3,18-20,31H2,1-2H3,(H,32,37)(H2,33,34,38)/t30-/m1/s1. The summed E-state index contributed by atoms with van der Waals surface area (Å²) in [6, 6.07) is 25.3. The number of urea groups is 1. The molecule has 0 radical (unpaired) electrons. The minimum atomic E-state index is -1.77. The summed E-state index contributed by atoms with van der Waals surface area (Å²) in [5, 5.41) is 7.85. The van der Waals surface area contributed by atoms with Crippen LogP contribution in [0.2, 0.25) is 0 Å². The van der Waals surface area contributed by atoms with Crippen molar-refractivity contribution >= 4 is 23.7 Å². The van der Waals surface area contributed by atoms with E-state index in [1.165, 1.54) is 6.92 Å². The third kappa shape index (κ3) is 8.24. The summed E-state index contributed by atoms with van der Waals surface area (Å²) in [5.41, 5.74) is 7.73. The van der Waals surface area contributed by atoms with Crippen molar-refractivity contribution in [2.45, 2.75) is 38.4 Å². The third-order valence-corrected chi connectivity index (χ3v) is 6.14. The van der Waals surface area contributed by atoms with Crippen LogP contribution in [0.25, 0.3) is 0 Å². The van der Waals surface area contributed by atoms with Crippen LogP contribution in [0.4, 0.5) is 4.79 Å². The molecular weight excluding hydrogens is 496 g/mol. The average Bonchev–Trinajstić information content (AvgIpc) is 2.95. The summed E-state index contributed by atoms with van der Waals surface area (Å²) in [6.45, 7) is 3.58. The molecule has 204 valence electrons. The highest BCUT2D eigenvalue weighted by molar-refractivity contribution is 6.13. The second-order valence-electron chi connectivity index (χ2n) is 9.16. The van der Waals surface area contributed by atoms with Crippen LogP contribution in [-0.2, 0) is 32.2 Å². The first-order valence-electron chi connectivity index (χ1n) is 12.7. The molecule has 3 aromatic rings. The van der Waals surface area contributed by atoms with Gasteiger partial charge in [-0.15, -0.1) is 0 Å². The molecule has 1 atom stereocenters. The van der Waals surface area contributed by atoms with Gasteiger partial charge in [-0.3, -0.25) is 14.4 Å². The number of hydrogen-bond donors (Lipinski definition) is 4. The van der Waals surface area contributed by atoms with Crippen LogP contribution in [0, 0.1) is 0 Å². The molecule has 39 heavy (non-hydrogen) atoms. The molecule has 3 rings (SSSR count). The Balaban J connectivity index is 1.57. The van der Waals surface area contributed by atoms with Gasteiger partial charge in [0, 0.05) is 13.1 Å². The monoisotopic (exact) mass is 530 g/mol. The van der Waals surface area contributed by atoms with E-state index in [-0.39, 0.29) is 26.2 Å². The highest BCUT2D eigenvalue weighted by atomic mass is 16.5. The number of benzene rings is 3. The fraction of sp³-hybridized carbons (Fsp3) is 0.267. The molecule has 3 amide bonds. The highest BCUT2D eigenvalue weighted by Crippen LogP contribution is 2.29. The lowest BCUT2D eigenvalue weighted by Gasteiger charge is -2.28. The number of nitrogens with two attached hydrogens (primary N) is 1. The van der Waals surface area contributed by atoms with Crippen molar-refractivity contribution in [3.05, 3.63) is 107 Å². The zero-order valence-electron chi connectivity index (χ0n) is 22.1. The quantitative estimate of drug-likeness (QED) is 0.210. The maximum Gasteiger partial charge on any atom is 0.325 e. The van der Waals surface area contributed by atoms with Crippen LogP contribution in [0.15, 0.2) is 84.9 Å². The van der Waals surface area contributed by atoms with Crippen molar-refractivity contribution in [3.63, 3.8) is 0 Å². The molecule has 0 aliphatic rings. The van der Waals surface area contributed by atoms with E-state index in [1.807, 2.05) is 60.7 Å². The Hall–Kier alpha value is -4.50. The zero-order chi connectivity index (χ0) is 28.3. The molecule has 0 aliphatic carbocycles. The molecule has 0 aromatic heterocycles. The number of ketones is 1. The molecule has 0 fully saturated rings. The van der Waals surface area contributed by atoms with Gasteiger partial charge < -0.3 is 26.4 Å². The average molecular weight is 531 g/mol. The van der Waals surface area contributed by atoms with Crippen LogP contribution >= 0.6 is 0 Å². The van der Waals surface area contributed by atoms with Crippen molar-refractivity contribution in [2.75, 3.05) is 13.2 Å². The Labute approximate surface area is 228 Å². The predicted molar refractivity (Wildman–Crippen MR) is 147 cm³/mol. The number of rotatable bonds is 12. The maximum absolute atomic E-state index is 13.7. The first-order chi connectivity index (χ1) is 18.7. The van der Waals surface area contributed by atoms with Gasteiger partial charge in [0.25, 0.3) is 0 Å². The topological polar surface area (TPSA) is 140 Å². The second-order valence-corrected chi connectivity index (χ2v) is 9.16. The second kappa shape index (κ2) is 13.9. The lowest BCUT2D eigenvalue weighted by molar-refractivity contribution is -0.142. The van der Waals surface area contributed by atoms with Gasteiger partial charge in [-0.2, -0.15) is 0 Å². The Morgan fingerprint density at radius 3 is 1.74 bits per heavy atom. The van der Waals surface area contributed by atoms with Crippen molar-refractivity contribution < 1.29 is 23.9 Å². The number of hydrogen-bond acceptors (Lipinski definition) is 6. The SMILES string of the molecule is CCOC(=O)CNC(=O)NCc1ccc(CNC(=O)[C@](C)(N)C(=O)C(c2ccccc2)c2ccccc2)cc1. The van der Waals surface area contributed by atoms with E-state index >= 15 is 0 Å². The number of amides is 3. The Morgan fingerprint density at radius 2 is 1.26 bits per heavy atom. The van der Waals surface area contributed by atoms with E-state index in [1.54, 1.807) is 31.2 Å². The van der Waals surface area contributed by atoms with E-state index in [2.05, 4.69) is 16.0 Å². The third-order valence-electron chi connectivity index (χ3n) is 6.14. The summed E-state index contributed by atoms with van der Waals surface area (Å²) in [4.78, 5) is 49.9. The van der Waals surface area contributed by atoms with Crippen molar-refractivity contribution in [3.8, 4) is 0 Å². The lowest BCUT2D eigenvalue weighted by Crippen LogP contribution is -2.58. The summed E-state index contributed by atoms with van der Waals surface area (Å²) in [7, 11) is 0. The van der Waals surface area contributed by atoms with Gasteiger partial charge in [-0.05, 0) is 36.1 Å². The normalized spacial score (nSPS) is 12.2. The van der Waals surface area contributed by atoms with E-state index in [4.69, 9.17) is 10.5 Å². The molecule has 0 spiro atoms. The van der Waals surface area contributed by atoms with Gasteiger partial charge in [-0.25, -0.2) is 4.79 Å². The van der Waals surface area contributed by atoms with Gasteiger partial charge in [0.2, 0.25) is 5.91 Å².